The van der Waals surface area contributed by atoms with Gasteiger partial charge in [-0.3, -0.25) is 4.79 Å². The third kappa shape index (κ3) is 3.05. The van der Waals surface area contributed by atoms with Gasteiger partial charge in [-0.15, -0.1) is 0 Å². The molecule has 1 aromatic rings. The minimum atomic E-state index is -0.388. The number of rotatable bonds is 5. The quantitative estimate of drug-likeness (QED) is 0.878. The molecule has 3 heteroatoms. The van der Waals surface area contributed by atoms with Crippen LogP contribution in [0.4, 0.5) is 0 Å². The average Bonchev–Trinajstić information content (AvgIpc) is 2.52. The summed E-state index contributed by atoms with van der Waals surface area (Å²) in [5.74, 6) is 3.40. The molecule has 0 heterocycles. The van der Waals surface area contributed by atoms with E-state index in [4.69, 9.17) is 4.74 Å². The molecular formula is C21H29NO2. The summed E-state index contributed by atoms with van der Waals surface area (Å²) in [6.45, 7) is 4.08. The van der Waals surface area contributed by atoms with Gasteiger partial charge >= 0.3 is 0 Å². The van der Waals surface area contributed by atoms with Crippen LogP contribution in [0.2, 0.25) is 0 Å². The van der Waals surface area contributed by atoms with Crippen LogP contribution in [0, 0.1) is 24.7 Å². The Kier molecular flexibility index (Phi) is 4.06. The van der Waals surface area contributed by atoms with Crippen LogP contribution in [0.15, 0.2) is 24.3 Å². The molecule has 0 radical (unpaired) electrons. The molecule has 5 rings (SSSR count). The topological polar surface area (TPSA) is 38.3 Å². The van der Waals surface area contributed by atoms with E-state index >= 15 is 0 Å². The van der Waals surface area contributed by atoms with E-state index in [0.717, 1.165) is 23.5 Å². The fraction of sp³-hybridized carbons (Fsp3) is 0.667. The second-order valence-electron chi connectivity index (χ2n) is 8.51. The molecule has 1 aromatic carbocycles. The number of carbonyl (C=O) groups is 1. The second-order valence-corrected chi connectivity index (χ2v) is 8.51. The highest BCUT2D eigenvalue weighted by atomic mass is 16.5. The highest BCUT2D eigenvalue weighted by Gasteiger charge is 2.51. The van der Waals surface area contributed by atoms with Crippen molar-refractivity contribution >= 4 is 5.91 Å². The molecular weight excluding hydrogens is 298 g/mol. The van der Waals surface area contributed by atoms with Crippen molar-refractivity contribution < 1.29 is 9.53 Å². The predicted molar refractivity (Wildman–Crippen MR) is 94.9 cm³/mol. The minimum absolute atomic E-state index is 0.0654. The molecule has 1 atom stereocenters. The van der Waals surface area contributed by atoms with Crippen LogP contribution in [0.5, 0.6) is 5.75 Å². The van der Waals surface area contributed by atoms with E-state index in [9.17, 15) is 4.79 Å². The van der Waals surface area contributed by atoms with E-state index in [2.05, 4.69) is 12.2 Å². The van der Waals surface area contributed by atoms with Crippen molar-refractivity contribution in [2.75, 3.05) is 0 Å². The van der Waals surface area contributed by atoms with Crippen LogP contribution in [0.3, 0.4) is 0 Å². The van der Waals surface area contributed by atoms with Gasteiger partial charge in [0.25, 0.3) is 5.91 Å². The summed E-state index contributed by atoms with van der Waals surface area (Å²) in [6.07, 6.45) is 8.06. The predicted octanol–water partition coefficient (Wildman–Crippen LogP) is 4.24. The Bertz CT molecular complexity index is 571. The summed E-state index contributed by atoms with van der Waals surface area (Å²) >= 11 is 0. The summed E-state index contributed by atoms with van der Waals surface area (Å²) in [4.78, 5) is 12.9. The fourth-order valence-electron chi connectivity index (χ4n) is 5.71. The lowest BCUT2D eigenvalue weighted by atomic mass is 9.53. The van der Waals surface area contributed by atoms with Gasteiger partial charge in [0, 0.05) is 5.54 Å². The first-order valence-electron chi connectivity index (χ1n) is 9.60. The van der Waals surface area contributed by atoms with Crippen LogP contribution >= 0.6 is 0 Å². The Morgan fingerprint density at radius 3 is 2.17 bits per heavy atom. The molecule has 4 saturated carbocycles. The van der Waals surface area contributed by atoms with E-state index < -0.39 is 0 Å². The summed E-state index contributed by atoms with van der Waals surface area (Å²) in [6, 6.07) is 7.96. The lowest BCUT2D eigenvalue weighted by Crippen LogP contribution is -2.61. The number of carbonyl (C=O) groups excluding carboxylic acids is 1. The van der Waals surface area contributed by atoms with Crippen molar-refractivity contribution in [1.29, 1.82) is 0 Å². The summed E-state index contributed by atoms with van der Waals surface area (Å²) in [5.41, 5.74) is 1.27. The highest BCUT2D eigenvalue weighted by Crippen LogP contribution is 2.55. The van der Waals surface area contributed by atoms with Crippen LogP contribution in [-0.4, -0.2) is 17.6 Å². The molecule has 130 valence electrons. The maximum absolute atomic E-state index is 12.9. The molecule has 3 nitrogen and oxygen atoms in total. The van der Waals surface area contributed by atoms with Crippen molar-refractivity contribution in [2.24, 2.45) is 17.8 Å². The van der Waals surface area contributed by atoms with Crippen molar-refractivity contribution in [3.8, 4) is 5.75 Å². The van der Waals surface area contributed by atoms with Crippen LogP contribution in [0.25, 0.3) is 0 Å². The summed E-state index contributed by atoms with van der Waals surface area (Å²) < 4.78 is 5.98. The lowest BCUT2D eigenvalue weighted by Gasteiger charge is -2.57. The molecule has 4 aliphatic rings. The van der Waals surface area contributed by atoms with Crippen LogP contribution in [0.1, 0.15) is 57.4 Å². The standard InChI is InChI=1S/C21H29NO2/c1-3-19(24-18-6-4-14(2)5-7-18)20(23)22-21-11-15-8-16(12-21)10-17(9-15)13-21/h4-7,15-17,19H,3,8-13H2,1-2H3,(H,22,23)/t15?,16?,17?,19-,21?/m1/s1. The van der Waals surface area contributed by atoms with Gasteiger partial charge in [-0.1, -0.05) is 24.6 Å². The molecule has 24 heavy (non-hydrogen) atoms. The van der Waals surface area contributed by atoms with Crippen molar-refractivity contribution in [3.63, 3.8) is 0 Å². The zero-order chi connectivity index (χ0) is 16.7. The second kappa shape index (κ2) is 6.09. The Hall–Kier alpha value is -1.51. The summed E-state index contributed by atoms with van der Waals surface area (Å²) in [5, 5.41) is 3.44. The van der Waals surface area contributed by atoms with Gasteiger partial charge in [0.05, 0.1) is 0 Å². The Labute approximate surface area is 145 Å². The fourth-order valence-corrected chi connectivity index (χ4v) is 5.71. The minimum Gasteiger partial charge on any atom is -0.481 e. The molecule has 1 amide bonds. The Morgan fingerprint density at radius 1 is 1.12 bits per heavy atom. The van der Waals surface area contributed by atoms with E-state index in [0.29, 0.717) is 6.42 Å². The monoisotopic (exact) mass is 327 g/mol. The molecule has 0 saturated heterocycles. The first-order valence-corrected chi connectivity index (χ1v) is 9.60. The molecule has 1 N–H and O–H groups in total. The first kappa shape index (κ1) is 16.0. The largest absolute Gasteiger partial charge is 0.481 e. The van der Waals surface area contributed by atoms with Gasteiger partial charge in [0.1, 0.15) is 5.75 Å². The third-order valence-corrected chi connectivity index (χ3v) is 6.39. The third-order valence-electron chi connectivity index (χ3n) is 6.39. The van der Waals surface area contributed by atoms with E-state index in [1.807, 2.05) is 31.2 Å². The molecule has 4 fully saturated rings. The average molecular weight is 327 g/mol. The number of aryl methyl sites for hydroxylation is 1. The van der Waals surface area contributed by atoms with Gasteiger partial charge in [0.2, 0.25) is 0 Å². The normalized spacial score (nSPS) is 34.8. The molecule has 4 bridgehead atoms. The van der Waals surface area contributed by atoms with Crippen molar-refractivity contribution in [2.45, 2.75) is 70.4 Å². The molecule has 0 unspecified atom stereocenters. The zero-order valence-corrected chi connectivity index (χ0v) is 14.9. The summed E-state index contributed by atoms with van der Waals surface area (Å²) in [7, 11) is 0. The SMILES string of the molecule is CC[C@@H](Oc1ccc(C)cc1)C(=O)NC12CC3CC(CC(C3)C1)C2. The number of ether oxygens (including phenoxy) is 1. The van der Waals surface area contributed by atoms with Crippen molar-refractivity contribution in [3.05, 3.63) is 29.8 Å². The van der Waals surface area contributed by atoms with Gasteiger partial charge in [-0.25, -0.2) is 0 Å². The Balaban J connectivity index is 1.43. The highest BCUT2D eigenvalue weighted by molar-refractivity contribution is 5.82. The van der Waals surface area contributed by atoms with E-state index in [1.165, 1.54) is 44.1 Å². The van der Waals surface area contributed by atoms with Gasteiger partial charge in [-0.2, -0.15) is 0 Å². The molecule has 0 aliphatic heterocycles. The van der Waals surface area contributed by atoms with E-state index in [-0.39, 0.29) is 17.6 Å². The van der Waals surface area contributed by atoms with Gasteiger partial charge in [-0.05, 0) is 81.8 Å². The van der Waals surface area contributed by atoms with E-state index in [1.54, 1.807) is 0 Å². The van der Waals surface area contributed by atoms with Crippen molar-refractivity contribution in [1.82, 2.24) is 5.32 Å². The number of hydrogen-bond donors (Lipinski definition) is 1. The van der Waals surface area contributed by atoms with Crippen LogP contribution in [-0.2, 0) is 4.79 Å². The Morgan fingerprint density at radius 2 is 1.67 bits per heavy atom. The molecule has 0 spiro atoms. The zero-order valence-electron chi connectivity index (χ0n) is 14.9. The van der Waals surface area contributed by atoms with Crippen LogP contribution < -0.4 is 10.1 Å². The first-order chi connectivity index (χ1) is 11.5. The number of hydrogen-bond acceptors (Lipinski definition) is 2. The number of amides is 1. The maximum Gasteiger partial charge on any atom is 0.261 e. The lowest BCUT2D eigenvalue weighted by molar-refractivity contribution is -0.134. The molecule has 4 aliphatic carbocycles. The smallest absolute Gasteiger partial charge is 0.261 e. The van der Waals surface area contributed by atoms with Gasteiger partial charge in [0.15, 0.2) is 6.10 Å². The number of nitrogens with one attached hydrogen (secondary N) is 1. The maximum atomic E-state index is 12.9. The van der Waals surface area contributed by atoms with Gasteiger partial charge < -0.3 is 10.1 Å². The number of benzene rings is 1. The molecule has 0 aromatic heterocycles.